The second-order valence-corrected chi connectivity index (χ2v) is 7.26. The van der Waals surface area contributed by atoms with Crippen LogP contribution in [0.3, 0.4) is 0 Å². The summed E-state index contributed by atoms with van der Waals surface area (Å²) in [4.78, 5) is 20.9. The number of nitrogens with zero attached hydrogens (tertiary/aromatic N) is 5. The maximum Gasteiger partial charge on any atom is 0.181 e. The van der Waals surface area contributed by atoms with E-state index in [4.69, 9.17) is 4.74 Å². The number of benzene rings is 1. The number of aryl methyl sites for hydroxylation is 1. The smallest absolute Gasteiger partial charge is 0.181 e. The maximum atomic E-state index is 5.40. The minimum Gasteiger partial charge on any atom is -0.446 e. The first kappa shape index (κ1) is 22.5. The van der Waals surface area contributed by atoms with Crippen LogP contribution < -0.4 is 4.74 Å². The Hall–Kier alpha value is -4.71. The highest BCUT2D eigenvalue weighted by Crippen LogP contribution is 2.19. The molecule has 0 N–H and O–H groups in total. The average Bonchev–Trinajstić information content (AvgIpc) is 2.92. The molecule has 0 fully saturated rings. The third kappa shape index (κ3) is 6.64. The van der Waals surface area contributed by atoms with Gasteiger partial charge in [-0.1, -0.05) is 24.3 Å². The SMILES string of the molecule is C(=Nc1ccc(-c2ccncc2)nc1)Oc1ccccc1.Cc1ccc(-c2ccncc2)nc1. The molecule has 0 aliphatic carbocycles. The van der Waals surface area contributed by atoms with Crippen molar-refractivity contribution in [1.29, 1.82) is 0 Å². The van der Waals surface area contributed by atoms with Gasteiger partial charge in [0.1, 0.15) is 5.75 Å². The Morgan fingerprint density at radius 3 is 1.76 bits per heavy atom. The highest BCUT2D eigenvalue weighted by atomic mass is 16.5. The van der Waals surface area contributed by atoms with Gasteiger partial charge in [-0.25, -0.2) is 4.99 Å². The van der Waals surface area contributed by atoms with Crippen molar-refractivity contribution >= 4 is 12.1 Å². The molecule has 1 aromatic carbocycles. The summed E-state index contributed by atoms with van der Waals surface area (Å²) in [5.41, 5.74) is 5.94. The van der Waals surface area contributed by atoms with Crippen LogP contribution >= 0.6 is 0 Å². The molecule has 0 amide bonds. The molecule has 0 radical (unpaired) electrons. The van der Waals surface area contributed by atoms with Crippen molar-refractivity contribution in [3.8, 4) is 28.3 Å². The predicted octanol–water partition coefficient (Wildman–Crippen LogP) is 6.33. The van der Waals surface area contributed by atoms with Crippen molar-refractivity contribution in [3.05, 3.63) is 122 Å². The number of hydrogen-bond acceptors (Lipinski definition) is 6. The lowest BCUT2D eigenvalue weighted by atomic mass is 10.1. The number of pyridine rings is 4. The molecule has 4 aromatic heterocycles. The fourth-order valence-electron chi connectivity index (χ4n) is 2.96. The minimum absolute atomic E-state index is 0.740. The van der Waals surface area contributed by atoms with E-state index in [9.17, 15) is 0 Å². The monoisotopic (exact) mass is 445 g/mol. The van der Waals surface area contributed by atoms with E-state index in [-0.39, 0.29) is 0 Å². The van der Waals surface area contributed by atoms with Gasteiger partial charge >= 0.3 is 0 Å². The van der Waals surface area contributed by atoms with Gasteiger partial charge in [0.05, 0.1) is 23.3 Å². The lowest BCUT2D eigenvalue weighted by Gasteiger charge is -2.00. The van der Waals surface area contributed by atoms with Gasteiger partial charge in [0, 0.05) is 42.1 Å². The summed E-state index contributed by atoms with van der Waals surface area (Å²) in [6.45, 7) is 2.03. The minimum atomic E-state index is 0.740. The fourth-order valence-corrected chi connectivity index (χ4v) is 2.96. The predicted molar refractivity (Wildman–Crippen MR) is 135 cm³/mol. The Labute approximate surface area is 198 Å². The molecule has 34 heavy (non-hydrogen) atoms. The molecule has 0 aliphatic rings. The van der Waals surface area contributed by atoms with Crippen LogP contribution in [0.25, 0.3) is 22.5 Å². The van der Waals surface area contributed by atoms with Crippen LogP contribution in [0.2, 0.25) is 0 Å². The molecular formula is C28H23N5O. The summed E-state index contributed by atoms with van der Waals surface area (Å²) in [6, 6.07) is 25.1. The summed E-state index contributed by atoms with van der Waals surface area (Å²) in [5.74, 6) is 0.752. The van der Waals surface area contributed by atoms with Gasteiger partial charge in [-0.3, -0.25) is 19.9 Å². The molecule has 6 nitrogen and oxygen atoms in total. The zero-order chi connectivity index (χ0) is 23.4. The van der Waals surface area contributed by atoms with Crippen molar-refractivity contribution in [2.75, 3.05) is 0 Å². The van der Waals surface area contributed by atoms with Gasteiger partial charge in [0.25, 0.3) is 0 Å². The highest BCUT2D eigenvalue weighted by Gasteiger charge is 1.98. The number of aliphatic imine (C=N–C) groups is 1. The maximum absolute atomic E-state index is 5.40. The zero-order valence-electron chi connectivity index (χ0n) is 18.7. The van der Waals surface area contributed by atoms with E-state index in [1.165, 1.54) is 12.0 Å². The van der Waals surface area contributed by atoms with Gasteiger partial charge in [0.15, 0.2) is 6.40 Å². The van der Waals surface area contributed by atoms with E-state index < -0.39 is 0 Å². The largest absolute Gasteiger partial charge is 0.446 e. The van der Waals surface area contributed by atoms with E-state index in [1.54, 1.807) is 31.0 Å². The van der Waals surface area contributed by atoms with Crippen molar-refractivity contribution in [3.63, 3.8) is 0 Å². The number of para-hydroxylation sites is 1. The van der Waals surface area contributed by atoms with Crippen LogP contribution in [0.5, 0.6) is 5.75 Å². The first-order valence-electron chi connectivity index (χ1n) is 10.7. The summed E-state index contributed by atoms with van der Waals surface area (Å²) in [6.07, 6.45) is 12.0. The third-order valence-corrected chi connectivity index (χ3v) is 4.75. The molecule has 0 atom stereocenters. The van der Waals surface area contributed by atoms with Crippen LogP contribution in [0.15, 0.2) is 121 Å². The van der Waals surface area contributed by atoms with Crippen LogP contribution in [-0.4, -0.2) is 26.3 Å². The quantitative estimate of drug-likeness (QED) is 0.233. The topological polar surface area (TPSA) is 73.2 Å². The molecule has 0 spiro atoms. The Kier molecular flexibility index (Phi) is 7.79. The summed E-state index contributed by atoms with van der Waals surface area (Å²) in [7, 11) is 0. The number of aromatic nitrogens is 4. The van der Waals surface area contributed by atoms with E-state index >= 15 is 0 Å². The number of rotatable bonds is 5. The molecule has 0 unspecified atom stereocenters. The molecule has 0 aliphatic heterocycles. The molecular weight excluding hydrogens is 422 g/mol. The Bertz CT molecular complexity index is 1290. The first-order chi connectivity index (χ1) is 16.8. The van der Waals surface area contributed by atoms with Gasteiger partial charge in [-0.2, -0.15) is 0 Å². The average molecular weight is 446 g/mol. The molecule has 5 aromatic rings. The van der Waals surface area contributed by atoms with Crippen LogP contribution in [0.4, 0.5) is 5.69 Å². The number of hydrogen-bond donors (Lipinski definition) is 0. The Balaban J connectivity index is 0.000000180. The molecule has 0 saturated carbocycles. The fraction of sp³-hybridized carbons (Fsp3) is 0.0357. The summed E-state index contributed by atoms with van der Waals surface area (Å²) in [5, 5.41) is 0. The van der Waals surface area contributed by atoms with Gasteiger partial charge < -0.3 is 4.74 Å². The lowest BCUT2D eigenvalue weighted by molar-refractivity contribution is 0.574. The normalized spacial score (nSPS) is 10.4. The van der Waals surface area contributed by atoms with Gasteiger partial charge in [0.2, 0.25) is 0 Å². The Morgan fingerprint density at radius 2 is 1.24 bits per heavy atom. The molecule has 4 heterocycles. The third-order valence-electron chi connectivity index (χ3n) is 4.75. The standard InChI is InChI=1S/C17H13N3O.C11H10N2/c1-2-4-16(5-3-1)21-13-20-15-6-7-17(19-12-15)14-8-10-18-11-9-14;1-9-2-3-11(13-8-9)10-4-6-12-7-5-10/h1-13H;2-8H,1H3. The van der Waals surface area contributed by atoms with Crippen molar-refractivity contribution in [1.82, 2.24) is 19.9 Å². The first-order valence-corrected chi connectivity index (χ1v) is 10.7. The van der Waals surface area contributed by atoms with Gasteiger partial charge in [-0.05, 0) is 67.1 Å². The molecule has 6 heteroatoms. The second-order valence-electron chi connectivity index (χ2n) is 7.26. The van der Waals surface area contributed by atoms with E-state index in [2.05, 4.69) is 31.0 Å². The lowest BCUT2D eigenvalue weighted by Crippen LogP contribution is -1.88. The van der Waals surface area contributed by atoms with E-state index in [0.717, 1.165) is 34.0 Å². The summed E-state index contributed by atoms with van der Waals surface area (Å²) < 4.78 is 5.40. The Morgan fingerprint density at radius 1 is 0.647 bits per heavy atom. The second kappa shape index (κ2) is 11.8. The molecule has 0 bridgehead atoms. The van der Waals surface area contributed by atoms with E-state index in [1.807, 2.05) is 85.9 Å². The molecule has 0 saturated heterocycles. The van der Waals surface area contributed by atoms with Gasteiger partial charge in [-0.15, -0.1) is 0 Å². The van der Waals surface area contributed by atoms with Crippen molar-refractivity contribution < 1.29 is 4.74 Å². The van der Waals surface area contributed by atoms with Crippen LogP contribution in [0, 0.1) is 6.92 Å². The summed E-state index contributed by atoms with van der Waals surface area (Å²) >= 11 is 0. The molecule has 166 valence electrons. The van der Waals surface area contributed by atoms with Crippen molar-refractivity contribution in [2.45, 2.75) is 6.92 Å². The zero-order valence-corrected chi connectivity index (χ0v) is 18.7. The van der Waals surface area contributed by atoms with Crippen LogP contribution in [0.1, 0.15) is 5.56 Å². The van der Waals surface area contributed by atoms with Crippen LogP contribution in [-0.2, 0) is 0 Å². The number of ether oxygens (including phenoxy) is 1. The highest BCUT2D eigenvalue weighted by molar-refractivity contribution is 5.62. The van der Waals surface area contributed by atoms with Crippen molar-refractivity contribution in [2.24, 2.45) is 4.99 Å². The van der Waals surface area contributed by atoms with E-state index in [0.29, 0.717) is 0 Å². The molecule has 5 rings (SSSR count).